The van der Waals surface area contributed by atoms with Gasteiger partial charge < -0.3 is 9.88 Å². The van der Waals surface area contributed by atoms with Crippen molar-refractivity contribution in [3.63, 3.8) is 0 Å². The van der Waals surface area contributed by atoms with Crippen molar-refractivity contribution < 1.29 is 0 Å². The number of piperazine rings is 1. The van der Waals surface area contributed by atoms with Gasteiger partial charge in [0.05, 0.1) is 0 Å². The summed E-state index contributed by atoms with van der Waals surface area (Å²) >= 11 is 0. The van der Waals surface area contributed by atoms with E-state index >= 15 is 0 Å². The van der Waals surface area contributed by atoms with Gasteiger partial charge in [-0.05, 0) is 29.7 Å². The lowest BCUT2D eigenvalue weighted by Crippen LogP contribution is -2.42. The second-order valence-corrected chi connectivity index (χ2v) is 6.05. The fourth-order valence-electron chi connectivity index (χ4n) is 2.97. The molecule has 116 valence electrons. The van der Waals surface area contributed by atoms with Gasteiger partial charge in [0.2, 0.25) is 0 Å². The number of rotatable bonds is 3. The standard InChI is InChI=1S/C18H23N3O/c1-14-11-17(13-20(2)18(14)22)16-5-3-15(4-6-16)12-21-9-7-19-8-10-21/h3-6,11,13,19H,7-10,12H2,1-2H3. The van der Waals surface area contributed by atoms with Crippen LogP contribution in [0.15, 0.2) is 41.3 Å². The Labute approximate surface area is 131 Å². The molecule has 0 aliphatic carbocycles. The fourth-order valence-corrected chi connectivity index (χ4v) is 2.97. The van der Waals surface area contributed by atoms with Gasteiger partial charge in [0.25, 0.3) is 5.56 Å². The first-order valence-corrected chi connectivity index (χ1v) is 7.83. The van der Waals surface area contributed by atoms with Gasteiger partial charge in [-0.1, -0.05) is 24.3 Å². The number of pyridine rings is 1. The van der Waals surface area contributed by atoms with E-state index in [1.807, 2.05) is 19.2 Å². The Morgan fingerprint density at radius 3 is 2.41 bits per heavy atom. The molecule has 0 spiro atoms. The van der Waals surface area contributed by atoms with Crippen LogP contribution in [0.3, 0.4) is 0 Å². The highest BCUT2D eigenvalue weighted by molar-refractivity contribution is 5.63. The van der Waals surface area contributed by atoms with Gasteiger partial charge in [0, 0.05) is 51.5 Å². The van der Waals surface area contributed by atoms with Crippen LogP contribution in [0, 0.1) is 6.92 Å². The number of nitrogens with one attached hydrogen (secondary N) is 1. The minimum absolute atomic E-state index is 0.0686. The molecule has 3 rings (SSSR count). The molecule has 2 aromatic rings. The molecule has 0 bridgehead atoms. The van der Waals surface area contributed by atoms with E-state index in [0.717, 1.165) is 49.4 Å². The van der Waals surface area contributed by atoms with Crippen LogP contribution in [-0.2, 0) is 13.6 Å². The smallest absolute Gasteiger partial charge is 0.253 e. The molecular formula is C18H23N3O. The van der Waals surface area contributed by atoms with Crippen LogP contribution in [0.4, 0.5) is 0 Å². The molecule has 1 fully saturated rings. The zero-order valence-corrected chi connectivity index (χ0v) is 13.3. The zero-order valence-electron chi connectivity index (χ0n) is 13.3. The Morgan fingerprint density at radius 1 is 1.09 bits per heavy atom. The van der Waals surface area contributed by atoms with E-state index < -0.39 is 0 Å². The highest BCUT2D eigenvalue weighted by atomic mass is 16.1. The molecule has 0 radical (unpaired) electrons. The van der Waals surface area contributed by atoms with Crippen molar-refractivity contribution in [2.75, 3.05) is 26.2 Å². The maximum absolute atomic E-state index is 11.8. The maximum atomic E-state index is 11.8. The van der Waals surface area contributed by atoms with E-state index in [9.17, 15) is 4.79 Å². The predicted octanol–water partition coefficient (Wildman–Crippen LogP) is 1.77. The predicted molar refractivity (Wildman–Crippen MR) is 90.0 cm³/mol. The van der Waals surface area contributed by atoms with E-state index in [0.29, 0.717) is 0 Å². The summed E-state index contributed by atoms with van der Waals surface area (Å²) in [5.74, 6) is 0. The van der Waals surface area contributed by atoms with Crippen molar-refractivity contribution >= 4 is 0 Å². The first kappa shape index (κ1) is 15.0. The molecule has 0 saturated carbocycles. The molecule has 2 heterocycles. The van der Waals surface area contributed by atoms with Crippen molar-refractivity contribution in [1.29, 1.82) is 0 Å². The van der Waals surface area contributed by atoms with E-state index in [-0.39, 0.29) is 5.56 Å². The molecule has 0 atom stereocenters. The number of aromatic nitrogens is 1. The minimum Gasteiger partial charge on any atom is -0.318 e. The average Bonchev–Trinajstić information content (AvgIpc) is 2.54. The van der Waals surface area contributed by atoms with Gasteiger partial charge in [-0.2, -0.15) is 0 Å². The zero-order chi connectivity index (χ0) is 15.5. The number of hydrogen-bond acceptors (Lipinski definition) is 3. The van der Waals surface area contributed by atoms with Crippen LogP contribution in [0.5, 0.6) is 0 Å². The van der Waals surface area contributed by atoms with Crippen molar-refractivity contribution in [2.45, 2.75) is 13.5 Å². The fraction of sp³-hybridized carbons (Fsp3) is 0.389. The van der Waals surface area contributed by atoms with Crippen LogP contribution in [0.25, 0.3) is 11.1 Å². The maximum Gasteiger partial charge on any atom is 0.253 e. The Hall–Kier alpha value is -1.91. The number of hydrogen-bond donors (Lipinski definition) is 1. The van der Waals surface area contributed by atoms with Gasteiger partial charge in [-0.3, -0.25) is 9.69 Å². The monoisotopic (exact) mass is 297 g/mol. The van der Waals surface area contributed by atoms with E-state index in [1.54, 1.807) is 11.6 Å². The first-order chi connectivity index (χ1) is 10.6. The summed E-state index contributed by atoms with van der Waals surface area (Å²) in [6, 6.07) is 10.6. The highest BCUT2D eigenvalue weighted by Crippen LogP contribution is 2.20. The molecule has 1 aromatic heterocycles. The van der Waals surface area contributed by atoms with Crippen LogP contribution in [0.1, 0.15) is 11.1 Å². The summed E-state index contributed by atoms with van der Waals surface area (Å²) in [6.45, 7) is 7.26. The third-order valence-corrected chi connectivity index (χ3v) is 4.27. The van der Waals surface area contributed by atoms with Crippen molar-refractivity contribution in [2.24, 2.45) is 7.05 Å². The van der Waals surface area contributed by atoms with Gasteiger partial charge >= 0.3 is 0 Å². The van der Waals surface area contributed by atoms with Crippen molar-refractivity contribution in [1.82, 2.24) is 14.8 Å². The summed E-state index contributed by atoms with van der Waals surface area (Å²) in [5.41, 5.74) is 4.44. The Balaban J connectivity index is 1.77. The summed E-state index contributed by atoms with van der Waals surface area (Å²) in [6.07, 6.45) is 1.90. The third-order valence-electron chi connectivity index (χ3n) is 4.27. The van der Waals surface area contributed by atoms with Crippen molar-refractivity contribution in [3.8, 4) is 11.1 Å². The summed E-state index contributed by atoms with van der Waals surface area (Å²) < 4.78 is 1.65. The SMILES string of the molecule is Cc1cc(-c2ccc(CN3CCNCC3)cc2)cn(C)c1=O. The molecule has 0 unspecified atom stereocenters. The highest BCUT2D eigenvalue weighted by Gasteiger charge is 2.10. The lowest BCUT2D eigenvalue weighted by molar-refractivity contribution is 0.233. The first-order valence-electron chi connectivity index (χ1n) is 7.83. The molecule has 22 heavy (non-hydrogen) atoms. The Kier molecular flexibility index (Phi) is 4.41. The lowest BCUT2D eigenvalue weighted by Gasteiger charge is -2.27. The number of benzene rings is 1. The van der Waals surface area contributed by atoms with Crippen LogP contribution in [0.2, 0.25) is 0 Å². The summed E-state index contributed by atoms with van der Waals surface area (Å²) in [4.78, 5) is 14.3. The second-order valence-electron chi connectivity index (χ2n) is 6.05. The van der Waals surface area contributed by atoms with Gasteiger partial charge in [-0.25, -0.2) is 0 Å². The van der Waals surface area contributed by atoms with Gasteiger partial charge in [0.1, 0.15) is 0 Å². The van der Waals surface area contributed by atoms with Crippen LogP contribution < -0.4 is 10.9 Å². The second kappa shape index (κ2) is 6.46. The van der Waals surface area contributed by atoms with Crippen LogP contribution in [-0.4, -0.2) is 35.6 Å². The molecule has 4 heteroatoms. The Morgan fingerprint density at radius 2 is 1.77 bits per heavy atom. The van der Waals surface area contributed by atoms with Gasteiger partial charge in [-0.15, -0.1) is 0 Å². The normalized spacial score (nSPS) is 15.9. The van der Waals surface area contributed by atoms with Crippen molar-refractivity contribution in [3.05, 3.63) is 58.0 Å². The van der Waals surface area contributed by atoms with Crippen LogP contribution >= 0.6 is 0 Å². The van der Waals surface area contributed by atoms with E-state index in [2.05, 4.69) is 34.5 Å². The molecule has 1 saturated heterocycles. The molecule has 1 aromatic carbocycles. The topological polar surface area (TPSA) is 37.3 Å². The molecular weight excluding hydrogens is 274 g/mol. The number of aryl methyl sites for hydroxylation is 2. The summed E-state index contributed by atoms with van der Waals surface area (Å²) in [5, 5.41) is 3.38. The quantitative estimate of drug-likeness (QED) is 0.938. The summed E-state index contributed by atoms with van der Waals surface area (Å²) in [7, 11) is 1.80. The number of nitrogens with zero attached hydrogens (tertiary/aromatic N) is 2. The lowest BCUT2D eigenvalue weighted by atomic mass is 10.0. The molecule has 1 aliphatic rings. The van der Waals surface area contributed by atoms with E-state index in [4.69, 9.17) is 0 Å². The third kappa shape index (κ3) is 3.29. The van der Waals surface area contributed by atoms with E-state index in [1.165, 1.54) is 5.56 Å². The molecule has 0 amide bonds. The Bertz CT molecular complexity index is 671. The molecule has 1 aliphatic heterocycles. The average molecular weight is 297 g/mol. The van der Waals surface area contributed by atoms with Gasteiger partial charge in [0.15, 0.2) is 0 Å². The molecule has 1 N–H and O–H groups in total. The minimum atomic E-state index is 0.0686. The largest absolute Gasteiger partial charge is 0.318 e. The molecule has 4 nitrogen and oxygen atoms in total.